The van der Waals surface area contributed by atoms with E-state index in [0.29, 0.717) is 17.1 Å². The molecule has 5 heteroatoms. The van der Waals surface area contributed by atoms with E-state index in [1.807, 2.05) is 32.2 Å². The number of hydrogen-bond donors (Lipinski definition) is 1. The number of carboxylic acid groups (broad SMARTS) is 1. The van der Waals surface area contributed by atoms with E-state index < -0.39 is 5.97 Å². The van der Waals surface area contributed by atoms with Crippen LogP contribution >= 0.6 is 0 Å². The molecule has 1 N–H and O–H groups in total. The molecule has 1 aliphatic heterocycles. The summed E-state index contributed by atoms with van der Waals surface area (Å²) in [6.07, 6.45) is 1.78. The molecule has 0 unspecified atom stereocenters. The number of fused-ring (bicyclic) bond motifs is 1. The zero-order valence-electron chi connectivity index (χ0n) is 13.7. The number of carbonyl (C=O) groups is 1. The Hall–Kier alpha value is -2.95. The molecule has 0 aliphatic carbocycles. The summed E-state index contributed by atoms with van der Waals surface area (Å²) < 4.78 is 10.7. The fourth-order valence-corrected chi connectivity index (χ4v) is 2.87. The van der Waals surface area contributed by atoms with Gasteiger partial charge in [0.25, 0.3) is 0 Å². The minimum Gasteiger partial charge on any atom is -0.478 e. The topological polar surface area (TPSA) is 59.0 Å². The Morgan fingerprint density at radius 3 is 2.62 bits per heavy atom. The van der Waals surface area contributed by atoms with Crippen molar-refractivity contribution in [3.05, 3.63) is 48.0 Å². The summed E-state index contributed by atoms with van der Waals surface area (Å²) in [6.45, 7) is 6.80. The highest BCUT2D eigenvalue weighted by molar-refractivity contribution is 6.00. The minimum atomic E-state index is -1.00. The molecule has 3 rings (SSSR count). The van der Waals surface area contributed by atoms with Gasteiger partial charge in [-0.05, 0) is 24.6 Å². The SMILES string of the molecule is C=Cc1cccc(-c2cc3c(cc2C(=O)O)OCO3)c1N(C)CC. The fraction of sp³-hybridized carbons (Fsp3) is 0.211. The molecule has 124 valence electrons. The maximum atomic E-state index is 11.8. The van der Waals surface area contributed by atoms with Gasteiger partial charge in [0.1, 0.15) is 0 Å². The molecular formula is C19H19NO4. The Morgan fingerprint density at radius 2 is 2.00 bits per heavy atom. The quantitative estimate of drug-likeness (QED) is 0.904. The highest BCUT2D eigenvalue weighted by Gasteiger charge is 2.23. The summed E-state index contributed by atoms with van der Waals surface area (Å²) >= 11 is 0. The van der Waals surface area contributed by atoms with Gasteiger partial charge in [-0.3, -0.25) is 0 Å². The van der Waals surface area contributed by atoms with Crippen molar-refractivity contribution < 1.29 is 19.4 Å². The summed E-state index contributed by atoms with van der Waals surface area (Å²) in [7, 11) is 1.97. The summed E-state index contributed by atoms with van der Waals surface area (Å²) in [5.41, 5.74) is 3.51. The van der Waals surface area contributed by atoms with Crippen molar-refractivity contribution >= 4 is 17.7 Å². The van der Waals surface area contributed by atoms with E-state index in [-0.39, 0.29) is 12.4 Å². The molecule has 0 atom stereocenters. The van der Waals surface area contributed by atoms with Gasteiger partial charge in [0.15, 0.2) is 11.5 Å². The second kappa shape index (κ2) is 6.28. The van der Waals surface area contributed by atoms with E-state index in [9.17, 15) is 9.90 Å². The van der Waals surface area contributed by atoms with Crippen molar-refractivity contribution in [3.8, 4) is 22.6 Å². The van der Waals surface area contributed by atoms with Crippen LogP contribution in [-0.2, 0) is 0 Å². The zero-order chi connectivity index (χ0) is 17.3. The monoisotopic (exact) mass is 325 g/mol. The molecule has 0 radical (unpaired) electrons. The Morgan fingerprint density at radius 1 is 1.29 bits per heavy atom. The first-order valence-corrected chi connectivity index (χ1v) is 7.70. The van der Waals surface area contributed by atoms with Crippen molar-refractivity contribution in [2.24, 2.45) is 0 Å². The standard InChI is InChI=1S/C19H19NO4/c1-4-12-7-6-8-13(18(12)20(3)5-2)14-9-16-17(24-11-23-16)10-15(14)19(21)22/h4,6-10H,1,5,11H2,2-3H3,(H,21,22). The van der Waals surface area contributed by atoms with Gasteiger partial charge in [-0.2, -0.15) is 0 Å². The molecule has 0 spiro atoms. The average Bonchev–Trinajstić information content (AvgIpc) is 3.06. The van der Waals surface area contributed by atoms with Crippen LogP contribution < -0.4 is 14.4 Å². The molecule has 0 amide bonds. The fourth-order valence-electron chi connectivity index (χ4n) is 2.87. The zero-order valence-corrected chi connectivity index (χ0v) is 13.7. The Kier molecular flexibility index (Phi) is 4.16. The average molecular weight is 325 g/mol. The molecule has 2 aromatic carbocycles. The van der Waals surface area contributed by atoms with Gasteiger partial charge in [0, 0.05) is 24.7 Å². The minimum absolute atomic E-state index is 0.103. The molecule has 1 aliphatic rings. The van der Waals surface area contributed by atoms with Crippen LogP contribution in [0.1, 0.15) is 22.8 Å². The van der Waals surface area contributed by atoms with Gasteiger partial charge in [-0.25, -0.2) is 4.79 Å². The van der Waals surface area contributed by atoms with E-state index in [1.165, 1.54) is 6.07 Å². The van der Waals surface area contributed by atoms with Gasteiger partial charge in [0.05, 0.1) is 11.3 Å². The highest BCUT2D eigenvalue weighted by atomic mass is 16.7. The first-order chi connectivity index (χ1) is 11.6. The number of benzene rings is 2. The normalized spacial score (nSPS) is 12.1. The number of rotatable bonds is 5. The van der Waals surface area contributed by atoms with Crippen LogP contribution in [0.5, 0.6) is 11.5 Å². The van der Waals surface area contributed by atoms with Crippen molar-refractivity contribution in [2.75, 3.05) is 25.3 Å². The first kappa shape index (κ1) is 15.9. The van der Waals surface area contributed by atoms with Crippen LogP contribution in [0.3, 0.4) is 0 Å². The second-order valence-corrected chi connectivity index (χ2v) is 5.52. The third kappa shape index (κ3) is 2.58. The predicted octanol–water partition coefficient (Wildman–Crippen LogP) is 3.88. The molecule has 0 bridgehead atoms. The van der Waals surface area contributed by atoms with Crippen LogP contribution in [0, 0.1) is 0 Å². The van der Waals surface area contributed by atoms with Gasteiger partial charge in [0.2, 0.25) is 6.79 Å². The van der Waals surface area contributed by atoms with Crippen LogP contribution in [0.15, 0.2) is 36.9 Å². The maximum absolute atomic E-state index is 11.8. The van der Waals surface area contributed by atoms with E-state index in [2.05, 4.69) is 11.5 Å². The molecule has 5 nitrogen and oxygen atoms in total. The lowest BCUT2D eigenvalue weighted by atomic mass is 9.94. The number of ether oxygens (including phenoxy) is 2. The third-order valence-electron chi connectivity index (χ3n) is 4.18. The molecule has 1 heterocycles. The number of nitrogens with zero attached hydrogens (tertiary/aromatic N) is 1. The third-order valence-corrected chi connectivity index (χ3v) is 4.18. The molecular weight excluding hydrogens is 306 g/mol. The number of carboxylic acids is 1. The Labute approximate surface area is 140 Å². The van der Waals surface area contributed by atoms with Gasteiger partial charge >= 0.3 is 5.97 Å². The van der Waals surface area contributed by atoms with Crippen LogP contribution in [0.25, 0.3) is 17.2 Å². The predicted molar refractivity (Wildman–Crippen MR) is 94.0 cm³/mol. The lowest BCUT2D eigenvalue weighted by molar-refractivity contribution is 0.0697. The Balaban J connectivity index is 2.30. The van der Waals surface area contributed by atoms with E-state index in [0.717, 1.165) is 23.4 Å². The second-order valence-electron chi connectivity index (χ2n) is 5.52. The number of anilines is 1. The number of hydrogen-bond acceptors (Lipinski definition) is 4. The van der Waals surface area contributed by atoms with Crippen LogP contribution in [0.4, 0.5) is 5.69 Å². The van der Waals surface area contributed by atoms with Crippen molar-refractivity contribution in [2.45, 2.75) is 6.92 Å². The summed E-state index contributed by atoms with van der Waals surface area (Å²) in [4.78, 5) is 13.8. The van der Waals surface area contributed by atoms with E-state index in [1.54, 1.807) is 12.1 Å². The smallest absolute Gasteiger partial charge is 0.336 e. The molecule has 0 aromatic heterocycles. The van der Waals surface area contributed by atoms with E-state index in [4.69, 9.17) is 9.47 Å². The molecule has 0 saturated heterocycles. The van der Waals surface area contributed by atoms with Crippen LogP contribution in [0.2, 0.25) is 0 Å². The van der Waals surface area contributed by atoms with E-state index >= 15 is 0 Å². The summed E-state index contributed by atoms with van der Waals surface area (Å²) in [5.74, 6) is 0.0166. The lowest BCUT2D eigenvalue weighted by Gasteiger charge is -2.24. The molecule has 0 saturated carbocycles. The maximum Gasteiger partial charge on any atom is 0.336 e. The van der Waals surface area contributed by atoms with Crippen LogP contribution in [-0.4, -0.2) is 31.5 Å². The molecule has 0 fully saturated rings. The highest BCUT2D eigenvalue weighted by Crippen LogP contribution is 2.42. The summed E-state index contributed by atoms with van der Waals surface area (Å²) in [6, 6.07) is 9.04. The number of aromatic carboxylic acids is 1. The van der Waals surface area contributed by atoms with Crippen molar-refractivity contribution in [1.82, 2.24) is 0 Å². The first-order valence-electron chi connectivity index (χ1n) is 7.70. The lowest BCUT2D eigenvalue weighted by Crippen LogP contribution is -2.18. The number of para-hydroxylation sites is 1. The van der Waals surface area contributed by atoms with Gasteiger partial charge < -0.3 is 19.5 Å². The van der Waals surface area contributed by atoms with Crippen molar-refractivity contribution in [3.63, 3.8) is 0 Å². The summed E-state index contributed by atoms with van der Waals surface area (Å²) in [5, 5.41) is 9.64. The van der Waals surface area contributed by atoms with Gasteiger partial charge in [-0.15, -0.1) is 0 Å². The molecule has 2 aromatic rings. The Bertz CT molecular complexity index is 813. The largest absolute Gasteiger partial charge is 0.478 e. The molecule has 24 heavy (non-hydrogen) atoms. The van der Waals surface area contributed by atoms with Gasteiger partial charge in [-0.1, -0.05) is 30.9 Å². The van der Waals surface area contributed by atoms with Crippen molar-refractivity contribution in [1.29, 1.82) is 0 Å².